The van der Waals surface area contributed by atoms with E-state index in [4.69, 9.17) is 9.47 Å². The molecule has 0 radical (unpaired) electrons. The summed E-state index contributed by atoms with van der Waals surface area (Å²) in [6, 6.07) is 14.7. The number of fused-ring (bicyclic) bond motifs is 1. The molecule has 1 atom stereocenters. The van der Waals surface area contributed by atoms with E-state index in [-0.39, 0.29) is 5.78 Å². The molecule has 0 aliphatic carbocycles. The number of para-hydroxylation sites is 2. The minimum atomic E-state index is -0.517. The minimum absolute atomic E-state index is 0.0501. The first-order valence-corrected chi connectivity index (χ1v) is 6.46. The average molecular weight is 269 g/mol. The molecule has 1 aliphatic heterocycles. The number of Topliss-reactive ketones (excluding diaryl/α,β-unsaturated/α-hetero) is 1. The molecule has 0 bridgehead atoms. The highest BCUT2D eigenvalue weighted by Crippen LogP contribution is 2.29. The third kappa shape index (κ3) is 2.32. The van der Waals surface area contributed by atoms with E-state index in [1.54, 1.807) is 25.3 Å². The topological polar surface area (TPSA) is 47.6 Å². The number of ether oxygens (including phenoxy) is 2. The zero-order valence-corrected chi connectivity index (χ0v) is 11.1. The van der Waals surface area contributed by atoms with E-state index in [2.05, 4.69) is 5.32 Å². The van der Waals surface area contributed by atoms with Crippen LogP contribution in [0.4, 0.5) is 5.69 Å². The van der Waals surface area contributed by atoms with E-state index in [1.165, 1.54) is 0 Å². The van der Waals surface area contributed by atoms with Crippen molar-refractivity contribution in [3.05, 3.63) is 54.1 Å². The molecule has 0 fully saturated rings. The van der Waals surface area contributed by atoms with Crippen LogP contribution in [-0.4, -0.2) is 25.5 Å². The number of nitrogens with one attached hydrogen (secondary N) is 1. The number of carbonyl (C=O) groups excluding carboxylic acids is 1. The second-order valence-electron chi connectivity index (χ2n) is 4.58. The number of benzene rings is 2. The van der Waals surface area contributed by atoms with Gasteiger partial charge in [0.25, 0.3) is 0 Å². The van der Waals surface area contributed by atoms with E-state index in [1.807, 2.05) is 30.3 Å². The van der Waals surface area contributed by atoms with Gasteiger partial charge in [-0.05, 0) is 24.3 Å². The van der Waals surface area contributed by atoms with Crippen molar-refractivity contribution in [1.82, 2.24) is 0 Å². The van der Waals surface area contributed by atoms with E-state index in [0.29, 0.717) is 23.6 Å². The van der Waals surface area contributed by atoms with Crippen molar-refractivity contribution in [3.8, 4) is 11.5 Å². The van der Waals surface area contributed by atoms with Gasteiger partial charge in [-0.15, -0.1) is 0 Å². The molecule has 102 valence electrons. The lowest BCUT2D eigenvalue weighted by molar-refractivity contribution is 0.0801. The standard InChI is InChI=1S/C16H15NO3/c1-19-12-6-4-5-11(9-12)16(18)15-10-17-13-7-2-3-8-14(13)20-15/h2-9,15,17H,10H2,1H3. The quantitative estimate of drug-likeness (QED) is 0.870. The van der Waals surface area contributed by atoms with Crippen LogP contribution < -0.4 is 14.8 Å². The highest BCUT2D eigenvalue weighted by atomic mass is 16.5. The lowest BCUT2D eigenvalue weighted by Gasteiger charge is -2.26. The molecule has 0 saturated heterocycles. The summed E-state index contributed by atoms with van der Waals surface area (Å²) in [5.41, 5.74) is 1.51. The Labute approximate surface area is 117 Å². The number of hydrogen-bond acceptors (Lipinski definition) is 4. The Balaban J connectivity index is 1.82. The van der Waals surface area contributed by atoms with Crippen molar-refractivity contribution >= 4 is 11.5 Å². The van der Waals surface area contributed by atoms with Gasteiger partial charge in [-0.2, -0.15) is 0 Å². The summed E-state index contributed by atoms with van der Waals surface area (Å²) in [4.78, 5) is 12.5. The number of ketones is 1. The number of hydrogen-bond donors (Lipinski definition) is 1. The van der Waals surface area contributed by atoms with Gasteiger partial charge >= 0.3 is 0 Å². The Morgan fingerprint density at radius 1 is 1.25 bits per heavy atom. The fraction of sp³-hybridized carbons (Fsp3) is 0.188. The summed E-state index contributed by atoms with van der Waals surface area (Å²) < 4.78 is 10.9. The molecule has 0 aromatic heterocycles. The highest BCUT2D eigenvalue weighted by Gasteiger charge is 2.26. The summed E-state index contributed by atoms with van der Waals surface area (Å²) >= 11 is 0. The molecule has 0 amide bonds. The van der Waals surface area contributed by atoms with E-state index in [0.717, 1.165) is 5.69 Å². The molecule has 1 unspecified atom stereocenters. The van der Waals surface area contributed by atoms with Crippen molar-refractivity contribution < 1.29 is 14.3 Å². The highest BCUT2D eigenvalue weighted by molar-refractivity contribution is 6.00. The first-order valence-electron chi connectivity index (χ1n) is 6.46. The third-order valence-electron chi connectivity index (χ3n) is 3.28. The van der Waals surface area contributed by atoms with Gasteiger partial charge in [0.1, 0.15) is 11.5 Å². The molecule has 1 N–H and O–H groups in total. The van der Waals surface area contributed by atoms with Gasteiger partial charge in [-0.1, -0.05) is 24.3 Å². The lowest BCUT2D eigenvalue weighted by atomic mass is 10.0. The minimum Gasteiger partial charge on any atom is -0.497 e. The van der Waals surface area contributed by atoms with Crippen LogP contribution in [0, 0.1) is 0 Å². The number of methoxy groups -OCH3 is 1. The maximum absolute atomic E-state index is 12.5. The maximum Gasteiger partial charge on any atom is 0.205 e. The lowest BCUT2D eigenvalue weighted by Crippen LogP contribution is -2.37. The Morgan fingerprint density at radius 2 is 2.10 bits per heavy atom. The molecule has 3 rings (SSSR count). The Bertz CT molecular complexity index is 639. The van der Waals surface area contributed by atoms with Gasteiger partial charge in [0.05, 0.1) is 19.3 Å². The average Bonchev–Trinajstić information content (AvgIpc) is 2.53. The second-order valence-corrected chi connectivity index (χ2v) is 4.58. The van der Waals surface area contributed by atoms with Crippen LogP contribution in [0.5, 0.6) is 11.5 Å². The van der Waals surface area contributed by atoms with E-state index >= 15 is 0 Å². The fourth-order valence-electron chi connectivity index (χ4n) is 2.22. The van der Waals surface area contributed by atoms with Crippen LogP contribution in [0.1, 0.15) is 10.4 Å². The van der Waals surface area contributed by atoms with Crippen LogP contribution in [0.15, 0.2) is 48.5 Å². The number of anilines is 1. The zero-order chi connectivity index (χ0) is 13.9. The smallest absolute Gasteiger partial charge is 0.205 e. The summed E-state index contributed by atoms with van der Waals surface area (Å²) in [5, 5.41) is 3.21. The van der Waals surface area contributed by atoms with Crippen molar-refractivity contribution in [2.45, 2.75) is 6.10 Å². The van der Waals surface area contributed by atoms with Crippen molar-refractivity contribution in [2.75, 3.05) is 19.0 Å². The van der Waals surface area contributed by atoms with Crippen molar-refractivity contribution in [3.63, 3.8) is 0 Å². The third-order valence-corrected chi connectivity index (χ3v) is 3.28. The second kappa shape index (κ2) is 5.25. The van der Waals surface area contributed by atoms with Gasteiger partial charge in [0, 0.05) is 5.56 Å². The SMILES string of the molecule is COc1cccc(C(=O)C2CNc3ccccc3O2)c1. The van der Waals surface area contributed by atoms with E-state index in [9.17, 15) is 4.79 Å². The molecule has 0 spiro atoms. The summed E-state index contributed by atoms with van der Waals surface area (Å²) in [6.07, 6.45) is -0.517. The van der Waals surface area contributed by atoms with Gasteiger partial charge < -0.3 is 14.8 Å². The van der Waals surface area contributed by atoms with Crippen LogP contribution >= 0.6 is 0 Å². The Hall–Kier alpha value is -2.49. The Kier molecular flexibility index (Phi) is 3.29. The molecule has 2 aromatic carbocycles. The zero-order valence-electron chi connectivity index (χ0n) is 11.1. The molecule has 1 aliphatic rings. The van der Waals surface area contributed by atoms with Crippen molar-refractivity contribution in [2.24, 2.45) is 0 Å². The summed E-state index contributed by atoms with van der Waals surface area (Å²) in [5.74, 6) is 1.32. The van der Waals surface area contributed by atoms with Gasteiger partial charge in [-0.3, -0.25) is 4.79 Å². The first kappa shape index (κ1) is 12.5. The number of carbonyl (C=O) groups is 1. The monoisotopic (exact) mass is 269 g/mol. The largest absolute Gasteiger partial charge is 0.497 e. The normalized spacial score (nSPS) is 16.6. The maximum atomic E-state index is 12.5. The van der Waals surface area contributed by atoms with Crippen LogP contribution in [0.3, 0.4) is 0 Å². The molecule has 20 heavy (non-hydrogen) atoms. The first-order chi connectivity index (χ1) is 9.78. The predicted octanol–water partition coefficient (Wildman–Crippen LogP) is 2.75. The van der Waals surface area contributed by atoms with Crippen molar-refractivity contribution in [1.29, 1.82) is 0 Å². The van der Waals surface area contributed by atoms with Crippen LogP contribution in [-0.2, 0) is 0 Å². The van der Waals surface area contributed by atoms with E-state index < -0.39 is 6.10 Å². The Morgan fingerprint density at radius 3 is 2.95 bits per heavy atom. The summed E-state index contributed by atoms with van der Waals surface area (Å²) in [7, 11) is 1.58. The summed E-state index contributed by atoms with van der Waals surface area (Å²) in [6.45, 7) is 0.465. The molecule has 2 aromatic rings. The number of rotatable bonds is 3. The van der Waals surface area contributed by atoms with Gasteiger partial charge in [0.2, 0.25) is 5.78 Å². The molecule has 4 nitrogen and oxygen atoms in total. The predicted molar refractivity (Wildman–Crippen MR) is 76.7 cm³/mol. The van der Waals surface area contributed by atoms with Gasteiger partial charge in [0.15, 0.2) is 6.10 Å². The molecular weight excluding hydrogens is 254 g/mol. The molecule has 1 heterocycles. The molecule has 4 heteroatoms. The molecular formula is C16H15NO3. The van der Waals surface area contributed by atoms with Crippen LogP contribution in [0.2, 0.25) is 0 Å². The molecule has 0 saturated carbocycles. The fourth-order valence-corrected chi connectivity index (χ4v) is 2.22. The van der Waals surface area contributed by atoms with Crippen LogP contribution in [0.25, 0.3) is 0 Å². The van der Waals surface area contributed by atoms with Gasteiger partial charge in [-0.25, -0.2) is 0 Å².